The Morgan fingerprint density at radius 1 is 1.62 bits per heavy atom. The van der Waals surface area contributed by atoms with Crippen molar-refractivity contribution >= 4 is 5.91 Å². The minimum Gasteiger partial charge on any atom is -0.358 e. The molecule has 1 heterocycles. The topological polar surface area (TPSA) is 41.1 Å². The Morgan fingerprint density at radius 3 is 3.00 bits per heavy atom. The molecule has 1 aliphatic rings. The van der Waals surface area contributed by atoms with Gasteiger partial charge in [0.1, 0.15) is 0 Å². The lowest BCUT2D eigenvalue weighted by atomic mass is 9.88. The van der Waals surface area contributed by atoms with Gasteiger partial charge in [-0.05, 0) is 25.3 Å². The zero-order chi connectivity index (χ0) is 9.68. The van der Waals surface area contributed by atoms with Crippen LogP contribution in [0.2, 0.25) is 0 Å². The third-order valence-corrected chi connectivity index (χ3v) is 2.77. The van der Waals surface area contributed by atoms with E-state index < -0.39 is 0 Å². The summed E-state index contributed by atoms with van der Waals surface area (Å²) in [5.74, 6) is 0.884. The van der Waals surface area contributed by atoms with Crippen molar-refractivity contribution in [2.24, 2.45) is 5.92 Å². The number of carbonyl (C=O) groups is 1. The Morgan fingerprint density at radius 2 is 2.38 bits per heavy atom. The number of rotatable bonds is 3. The van der Waals surface area contributed by atoms with Gasteiger partial charge in [-0.15, -0.1) is 0 Å². The third kappa shape index (κ3) is 2.99. The van der Waals surface area contributed by atoms with E-state index in [4.69, 9.17) is 0 Å². The molecular formula is C10H20N2O. The highest BCUT2D eigenvalue weighted by molar-refractivity contribution is 5.81. The van der Waals surface area contributed by atoms with Crippen molar-refractivity contribution < 1.29 is 4.79 Å². The van der Waals surface area contributed by atoms with E-state index in [0.717, 1.165) is 18.9 Å². The molecule has 0 spiro atoms. The number of hydrogen-bond donors (Lipinski definition) is 2. The maximum Gasteiger partial charge on any atom is 0.236 e. The van der Waals surface area contributed by atoms with Gasteiger partial charge in [0, 0.05) is 7.05 Å². The van der Waals surface area contributed by atoms with Gasteiger partial charge in [-0.1, -0.05) is 19.8 Å². The molecular weight excluding hydrogens is 164 g/mol. The summed E-state index contributed by atoms with van der Waals surface area (Å²) in [7, 11) is 1.70. The molecule has 0 saturated carbocycles. The fourth-order valence-corrected chi connectivity index (χ4v) is 2.04. The molecule has 76 valence electrons. The van der Waals surface area contributed by atoms with Gasteiger partial charge >= 0.3 is 0 Å². The molecule has 3 heteroatoms. The minimum atomic E-state index is 0.0512. The van der Waals surface area contributed by atoms with E-state index >= 15 is 0 Å². The van der Waals surface area contributed by atoms with Gasteiger partial charge in [-0.25, -0.2) is 0 Å². The molecule has 0 aromatic rings. The molecule has 2 unspecified atom stereocenters. The second kappa shape index (κ2) is 5.22. The summed E-state index contributed by atoms with van der Waals surface area (Å²) >= 11 is 0. The van der Waals surface area contributed by atoms with Crippen LogP contribution in [0.25, 0.3) is 0 Å². The lowest BCUT2D eigenvalue weighted by molar-refractivity contribution is -0.123. The molecule has 1 aliphatic heterocycles. The Hall–Kier alpha value is -0.570. The van der Waals surface area contributed by atoms with E-state index in [9.17, 15) is 4.79 Å². The summed E-state index contributed by atoms with van der Waals surface area (Å²) < 4.78 is 0. The smallest absolute Gasteiger partial charge is 0.236 e. The molecule has 2 N–H and O–H groups in total. The van der Waals surface area contributed by atoms with E-state index in [0.29, 0.717) is 0 Å². The van der Waals surface area contributed by atoms with Crippen molar-refractivity contribution in [1.82, 2.24) is 10.6 Å². The molecule has 13 heavy (non-hydrogen) atoms. The largest absolute Gasteiger partial charge is 0.358 e. The number of carbonyl (C=O) groups excluding carboxylic acids is 1. The summed E-state index contributed by atoms with van der Waals surface area (Å²) in [5.41, 5.74) is 0. The maximum absolute atomic E-state index is 11.3. The first-order valence-electron chi connectivity index (χ1n) is 5.23. The van der Waals surface area contributed by atoms with Crippen LogP contribution < -0.4 is 10.6 Å². The summed E-state index contributed by atoms with van der Waals surface area (Å²) in [4.78, 5) is 11.3. The average Bonchev–Trinajstić information content (AvgIpc) is 2.18. The van der Waals surface area contributed by atoms with E-state index in [-0.39, 0.29) is 11.9 Å². The summed E-state index contributed by atoms with van der Waals surface area (Å²) in [6, 6.07) is 0.0512. The molecule has 1 amide bonds. The average molecular weight is 184 g/mol. The Balaban J connectivity index is 2.37. The molecule has 1 saturated heterocycles. The quantitative estimate of drug-likeness (QED) is 0.684. The molecule has 0 aromatic carbocycles. The van der Waals surface area contributed by atoms with Crippen molar-refractivity contribution in [2.45, 2.75) is 38.6 Å². The van der Waals surface area contributed by atoms with Crippen LogP contribution in [-0.4, -0.2) is 25.5 Å². The Labute approximate surface area is 80.3 Å². The van der Waals surface area contributed by atoms with Crippen LogP contribution in [0.1, 0.15) is 32.6 Å². The number of likely N-dealkylation sites (N-methyl/N-ethyl adjacent to an activating group) is 1. The number of hydrogen-bond acceptors (Lipinski definition) is 2. The second-order valence-corrected chi connectivity index (χ2v) is 3.80. The fraction of sp³-hybridized carbons (Fsp3) is 0.900. The summed E-state index contributed by atoms with van der Waals surface area (Å²) in [6.07, 6.45) is 4.72. The molecule has 0 aromatic heterocycles. The van der Waals surface area contributed by atoms with Gasteiger partial charge in [0.15, 0.2) is 0 Å². The molecule has 1 rings (SSSR count). The highest BCUT2D eigenvalue weighted by atomic mass is 16.2. The summed E-state index contributed by atoms with van der Waals surface area (Å²) in [6.45, 7) is 3.19. The van der Waals surface area contributed by atoms with Crippen LogP contribution in [0, 0.1) is 5.92 Å². The molecule has 3 nitrogen and oxygen atoms in total. The van der Waals surface area contributed by atoms with Crippen LogP contribution in [0.4, 0.5) is 0 Å². The van der Waals surface area contributed by atoms with Crippen LogP contribution >= 0.6 is 0 Å². The number of nitrogens with one attached hydrogen (secondary N) is 2. The van der Waals surface area contributed by atoms with Crippen LogP contribution in [0.3, 0.4) is 0 Å². The highest BCUT2D eigenvalue weighted by Gasteiger charge is 2.25. The molecule has 2 atom stereocenters. The van der Waals surface area contributed by atoms with Gasteiger partial charge in [-0.3, -0.25) is 4.79 Å². The van der Waals surface area contributed by atoms with Crippen molar-refractivity contribution in [1.29, 1.82) is 0 Å². The minimum absolute atomic E-state index is 0.0512. The zero-order valence-electron chi connectivity index (χ0n) is 8.60. The molecule has 1 fully saturated rings. The SMILES string of the molecule is CCCC1CCNC(C(=O)NC)C1. The van der Waals surface area contributed by atoms with Crippen LogP contribution in [-0.2, 0) is 4.79 Å². The van der Waals surface area contributed by atoms with Gasteiger partial charge < -0.3 is 10.6 Å². The van der Waals surface area contributed by atoms with Crippen LogP contribution in [0.15, 0.2) is 0 Å². The lowest BCUT2D eigenvalue weighted by Crippen LogP contribution is -2.47. The standard InChI is InChI=1S/C10H20N2O/c1-3-4-8-5-6-12-9(7-8)10(13)11-2/h8-9,12H,3-7H2,1-2H3,(H,11,13). The molecule has 0 aliphatic carbocycles. The number of piperidine rings is 1. The Bertz CT molecular complexity index is 168. The fourth-order valence-electron chi connectivity index (χ4n) is 2.04. The Kier molecular flexibility index (Phi) is 4.22. The van der Waals surface area contributed by atoms with Crippen molar-refractivity contribution in [3.8, 4) is 0 Å². The lowest BCUT2D eigenvalue weighted by Gasteiger charge is -2.28. The van der Waals surface area contributed by atoms with E-state index in [1.165, 1.54) is 19.3 Å². The predicted octanol–water partition coefficient (Wildman–Crippen LogP) is 0.901. The van der Waals surface area contributed by atoms with E-state index in [1.54, 1.807) is 7.05 Å². The van der Waals surface area contributed by atoms with Gasteiger partial charge in [0.25, 0.3) is 0 Å². The third-order valence-electron chi connectivity index (χ3n) is 2.77. The zero-order valence-corrected chi connectivity index (χ0v) is 8.60. The van der Waals surface area contributed by atoms with Crippen LogP contribution in [0.5, 0.6) is 0 Å². The molecule has 0 radical (unpaired) electrons. The highest BCUT2D eigenvalue weighted by Crippen LogP contribution is 2.20. The maximum atomic E-state index is 11.3. The summed E-state index contributed by atoms with van der Waals surface area (Å²) in [5, 5.41) is 5.94. The van der Waals surface area contributed by atoms with Gasteiger partial charge in [-0.2, -0.15) is 0 Å². The van der Waals surface area contributed by atoms with Gasteiger partial charge in [0.2, 0.25) is 5.91 Å². The first-order valence-corrected chi connectivity index (χ1v) is 5.23. The van der Waals surface area contributed by atoms with Crippen molar-refractivity contribution in [3.63, 3.8) is 0 Å². The van der Waals surface area contributed by atoms with E-state index in [1.807, 2.05) is 0 Å². The monoisotopic (exact) mass is 184 g/mol. The van der Waals surface area contributed by atoms with Crippen molar-refractivity contribution in [2.75, 3.05) is 13.6 Å². The first kappa shape index (κ1) is 10.5. The van der Waals surface area contributed by atoms with Gasteiger partial charge in [0.05, 0.1) is 6.04 Å². The predicted molar refractivity (Wildman–Crippen MR) is 53.5 cm³/mol. The number of amides is 1. The first-order chi connectivity index (χ1) is 6.27. The van der Waals surface area contributed by atoms with E-state index in [2.05, 4.69) is 17.6 Å². The molecule has 0 bridgehead atoms. The van der Waals surface area contributed by atoms with Crippen molar-refractivity contribution in [3.05, 3.63) is 0 Å². The normalized spacial score (nSPS) is 28.5. The second-order valence-electron chi connectivity index (χ2n) is 3.80.